The summed E-state index contributed by atoms with van der Waals surface area (Å²) in [4.78, 5) is 13.5. The van der Waals surface area contributed by atoms with Gasteiger partial charge in [0, 0.05) is 17.7 Å². The number of phenolic OH excluding ortho intramolecular Hbond substituents is 4. The van der Waals surface area contributed by atoms with Gasteiger partial charge in [-0.25, -0.2) is 0 Å². The summed E-state index contributed by atoms with van der Waals surface area (Å²) in [6.07, 6.45) is -13.9. The van der Waals surface area contributed by atoms with Gasteiger partial charge in [-0.15, -0.1) is 0 Å². The first kappa shape index (κ1) is 28.8. The predicted molar refractivity (Wildman–Crippen MR) is 134 cm³/mol. The van der Waals surface area contributed by atoms with E-state index in [1.807, 2.05) is 0 Å². The van der Waals surface area contributed by atoms with E-state index in [9.17, 15) is 50.8 Å². The van der Waals surface area contributed by atoms with Crippen molar-refractivity contribution in [3.8, 4) is 40.1 Å². The van der Waals surface area contributed by atoms with Gasteiger partial charge in [0.2, 0.25) is 17.5 Å². The molecule has 0 radical (unpaired) electrons. The lowest BCUT2D eigenvalue weighted by molar-refractivity contribution is -0.334. The summed E-state index contributed by atoms with van der Waals surface area (Å²) in [5.41, 5.74) is -1.21. The van der Waals surface area contributed by atoms with Crippen LogP contribution in [-0.4, -0.2) is 108 Å². The molecule has 0 saturated carbocycles. The third-order valence-corrected chi connectivity index (χ3v) is 6.91. The van der Waals surface area contributed by atoms with E-state index in [0.29, 0.717) is 0 Å². The number of hydrogen-bond donors (Lipinski definition) is 9. The first-order valence-electron chi connectivity index (χ1n) is 12.4. The van der Waals surface area contributed by atoms with Crippen LogP contribution in [0.15, 0.2) is 39.5 Å². The van der Waals surface area contributed by atoms with Crippen LogP contribution in [-0.2, 0) is 14.2 Å². The van der Waals surface area contributed by atoms with Crippen molar-refractivity contribution in [1.82, 2.24) is 0 Å². The normalized spacial score (nSPS) is 32.2. The fraction of sp³-hybridized carbons (Fsp3) is 0.423. The van der Waals surface area contributed by atoms with Crippen LogP contribution < -0.4 is 10.2 Å². The lowest BCUT2D eigenvalue weighted by Crippen LogP contribution is -2.62. The Hall–Kier alpha value is -3.67. The van der Waals surface area contributed by atoms with Crippen LogP contribution in [0.3, 0.4) is 0 Å². The van der Waals surface area contributed by atoms with Gasteiger partial charge in [-0.3, -0.25) is 4.79 Å². The minimum atomic E-state index is -1.88. The molecule has 41 heavy (non-hydrogen) atoms. The van der Waals surface area contributed by atoms with Crippen molar-refractivity contribution < 1.29 is 69.3 Å². The van der Waals surface area contributed by atoms with Gasteiger partial charge in [0.15, 0.2) is 23.5 Å². The second kappa shape index (κ2) is 11.0. The molecule has 2 saturated heterocycles. The van der Waals surface area contributed by atoms with Crippen molar-refractivity contribution in [2.24, 2.45) is 0 Å². The Labute approximate surface area is 230 Å². The molecule has 5 rings (SSSR count). The van der Waals surface area contributed by atoms with Gasteiger partial charge in [0.1, 0.15) is 59.1 Å². The van der Waals surface area contributed by atoms with Crippen molar-refractivity contribution in [2.75, 3.05) is 6.61 Å². The number of phenols is 4. The maximum Gasteiger partial charge on any atom is 0.239 e. The fourth-order valence-corrected chi connectivity index (χ4v) is 4.69. The second-order valence-electron chi connectivity index (χ2n) is 9.79. The van der Waals surface area contributed by atoms with Crippen LogP contribution in [0.1, 0.15) is 6.92 Å². The van der Waals surface area contributed by atoms with E-state index in [0.717, 1.165) is 24.3 Å². The van der Waals surface area contributed by atoms with Crippen LogP contribution in [0.2, 0.25) is 0 Å². The van der Waals surface area contributed by atoms with Crippen molar-refractivity contribution in [2.45, 2.75) is 62.2 Å². The van der Waals surface area contributed by atoms with E-state index in [2.05, 4.69) is 0 Å². The molecule has 2 aliphatic rings. The minimum absolute atomic E-state index is 0.0152. The van der Waals surface area contributed by atoms with Gasteiger partial charge in [-0.05, 0) is 25.1 Å². The zero-order chi connectivity index (χ0) is 29.7. The standard InChI is InChI=1S/C26H28O15/c1-8-22(40-25-20(35)17(32)14(31)7-37-25)19(34)21(36)26(38-8)41-24-18(33)16-13(30)5-10(27)6-15(16)39-23(24)9-2-3-11(28)12(29)4-9/h2-6,8,14,17,19-22,25-32,34-36H,7H2,1H3/t8-,14+,17-,19-,20+,21+,22-,25-,26-/m0/s1. The fourth-order valence-electron chi connectivity index (χ4n) is 4.69. The van der Waals surface area contributed by atoms with E-state index >= 15 is 0 Å². The summed E-state index contributed by atoms with van der Waals surface area (Å²) in [6, 6.07) is 5.38. The summed E-state index contributed by atoms with van der Waals surface area (Å²) in [7, 11) is 0. The molecule has 0 bridgehead atoms. The average Bonchev–Trinajstić information content (AvgIpc) is 2.91. The quantitative estimate of drug-likeness (QED) is 0.163. The summed E-state index contributed by atoms with van der Waals surface area (Å²) in [5, 5.41) is 91.0. The van der Waals surface area contributed by atoms with E-state index in [4.69, 9.17) is 23.4 Å². The Balaban J connectivity index is 1.48. The van der Waals surface area contributed by atoms with Crippen LogP contribution in [0.5, 0.6) is 28.7 Å². The molecular weight excluding hydrogens is 552 g/mol. The highest BCUT2D eigenvalue weighted by molar-refractivity contribution is 5.88. The molecule has 2 aromatic carbocycles. The van der Waals surface area contributed by atoms with Gasteiger partial charge < -0.3 is 69.3 Å². The Kier molecular flexibility index (Phi) is 7.71. The lowest BCUT2D eigenvalue weighted by Gasteiger charge is -2.44. The molecular formula is C26H28O15. The first-order valence-corrected chi connectivity index (χ1v) is 12.4. The number of aliphatic hydroxyl groups excluding tert-OH is 5. The zero-order valence-corrected chi connectivity index (χ0v) is 21.3. The van der Waals surface area contributed by atoms with E-state index in [1.165, 1.54) is 13.0 Å². The van der Waals surface area contributed by atoms with E-state index < -0.39 is 94.9 Å². The molecule has 1 aromatic heterocycles. The van der Waals surface area contributed by atoms with Crippen molar-refractivity contribution in [1.29, 1.82) is 0 Å². The smallest absolute Gasteiger partial charge is 0.239 e. The van der Waals surface area contributed by atoms with Crippen LogP contribution >= 0.6 is 0 Å². The van der Waals surface area contributed by atoms with Gasteiger partial charge in [-0.1, -0.05) is 0 Å². The molecule has 2 fully saturated rings. The van der Waals surface area contributed by atoms with Crippen molar-refractivity contribution in [3.63, 3.8) is 0 Å². The Bertz CT molecular complexity index is 1490. The van der Waals surface area contributed by atoms with Crippen LogP contribution in [0.25, 0.3) is 22.3 Å². The number of fused-ring (bicyclic) bond motifs is 1. The highest BCUT2D eigenvalue weighted by atomic mass is 16.7. The second-order valence-corrected chi connectivity index (χ2v) is 9.79. The maximum atomic E-state index is 13.5. The molecule has 0 unspecified atom stereocenters. The van der Waals surface area contributed by atoms with E-state index in [-0.39, 0.29) is 23.5 Å². The third-order valence-electron chi connectivity index (χ3n) is 6.91. The summed E-state index contributed by atoms with van der Waals surface area (Å²) >= 11 is 0. The SMILES string of the molecule is C[C@@H]1O[C@@H](Oc2c(-c3ccc(O)c(O)c3)oc3cc(O)cc(O)c3c2=O)[C@H](O)[C@H](O)[C@H]1O[C@@H]1OC[C@@H](O)[C@H](O)[C@H]1O. The molecule has 0 spiro atoms. The Morgan fingerprint density at radius 2 is 1.54 bits per heavy atom. The minimum Gasteiger partial charge on any atom is -0.508 e. The van der Waals surface area contributed by atoms with Crippen LogP contribution in [0.4, 0.5) is 0 Å². The number of hydrogen-bond acceptors (Lipinski definition) is 15. The predicted octanol–water partition coefficient (Wildman–Crippen LogP) is -1.05. The number of rotatable bonds is 5. The molecule has 2 aliphatic heterocycles. The molecule has 15 heteroatoms. The van der Waals surface area contributed by atoms with Crippen molar-refractivity contribution >= 4 is 11.0 Å². The number of ether oxygens (including phenoxy) is 4. The number of benzene rings is 2. The average molecular weight is 580 g/mol. The summed E-state index contributed by atoms with van der Waals surface area (Å²) < 4.78 is 27.9. The third kappa shape index (κ3) is 5.25. The van der Waals surface area contributed by atoms with Gasteiger partial charge in [0.05, 0.1) is 12.7 Å². The van der Waals surface area contributed by atoms with E-state index in [1.54, 1.807) is 0 Å². The maximum absolute atomic E-state index is 13.5. The Morgan fingerprint density at radius 3 is 2.24 bits per heavy atom. The monoisotopic (exact) mass is 580 g/mol. The molecule has 9 atom stereocenters. The largest absolute Gasteiger partial charge is 0.508 e. The highest BCUT2D eigenvalue weighted by Crippen LogP contribution is 2.39. The first-order chi connectivity index (χ1) is 19.4. The van der Waals surface area contributed by atoms with Crippen LogP contribution in [0, 0.1) is 0 Å². The Morgan fingerprint density at radius 1 is 0.829 bits per heavy atom. The summed E-state index contributed by atoms with van der Waals surface area (Å²) in [6.45, 7) is 1.06. The van der Waals surface area contributed by atoms with Crippen molar-refractivity contribution in [3.05, 3.63) is 40.6 Å². The molecule has 0 aliphatic carbocycles. The van der Waals surface area contributed by atoms with Gasteiger partial charge in [-0.2, -0.15) is 0 Å². The molecule has 3 heterocycles. The lowest BCUT2D eigenvalue weighted by atomic mass is 9.99. The molecule has 9 N–H and O–H groups in total. The zero-order valence-electron chi connectivity index (χ0n) is 21.3. The molecule has 3 aromatic rings. The molecule has 0 amide bonds. The number of aliphatic hydroxyl groups is 5. The highest BCUT2D eigenvalue weighted by Gasteiger charge is 2.48. The van der Waals surface area contributed by atoms with Gasteiger partial charge >= 0.3 is 0 Å². The molecule has 15 nitrogen and oxygen atoms in total. The van der Waals surface area contributed by atoms with Gasteiger partial charge in [0.25, 0.3) is 0 Å². The topological polar surface area (TPSA) is 249 Å². The summed E-state index contributed by atoms with van der Waals surface area (Å²) in [5.74, 6) is -3.08. The number of aromatic hydroxyl groups is 4. The molecule has 222 valence electrons.